The zero-order valence-corrected chi connectivity index (χ0v) is 20.4. The second kappa shape index (κ2) is 11.1. The van der Waals surface area contributed by atoms with Crippen molar-refractivity contribution in [1.82, 2.24) is 19.8 Å². The fourth-order valence-corrected chi connectivity index (χ4v) is 3.68. The molecule has 34 heavy (non-hydrogen) atoms. The zero-order valence-electron chi connectivity index (χ0n) is 20.4. The molecule has 8 heteroatoms. The summed E-state index contributed by atoms with van der Waals surface area (Å²) in [7, 11) is 1.71. The van der Waals surface area contributed by atoms with Crippen molar-refractivity contribution in [3.8, 4) is 17.7 Å². The van der Waals surface area contributed by atoms with Crippen LogP contribution in [0.5, 0.6) is 5.88 Å². The molecule has 0 aliphatic carbocycles. The highest BCUT2D eigenvalue weighted by atomic mass is 16.5. The molecule has 2 aromatic rings. The third-order valence-corrected chi connectivity index (χ3v) is 5.74. The van der Waals surface area contributed by atoms with E-state index >= 15 is 0 Å². The SMILES string of the molecule is CC(C)C#Cc1cnc2c(c1)C(=O)N([C@@H](C)CO)C[C@H](C)[C@@H](CN(C)C(=O)c1cccnc1)O2. The molecule has 8 nitrogen and oxygen atoms in total. The van der Waals surface area contributed by atoms with E-state index in [1.54, 1.807) is 54.4 Å². The molecule has 1 aliphatic heterocycles. The fraction of sp³-hybridized carbons (Fsp3) is 0.462. The number of amides is 2. The Labute approximate surface area is 201 Å². The molecular weight excluding hydrogens is 432 g/mol. The van der Waals surface area contributed by atoms with Gasteiger partial charge in [-0.2, -0.15) is 0 Å². The molecule has 3 atom stereocenters. The number of aliphatic hydroxyl groups is 1. The number of fused-ring (bicyclic) bond motifs is 1. The van der Waals surface area contributed by atoms with E-state index in [1.807, 2.05) is 20.8 Å². The van der Waals surface area contributed by atoms with E-state index in [0.717, 1.165) is 0 Å². The maximum Gasteiger partial charge on any atom is 0.259 e. The predicted molar refractivity (Wildman–Crippen MR) is 128 cm³/mol. The van der Waals surface area contributed by atoms with Gasteiger partial charge in [0.05, 0.1) is 24.8 Å². The summed E-state index contributed by atoms with van der Waals surface area (Å²) in [5.74, 6) is 5.95. The van der Waals surface area contributed by atoms with E-state index in [9.17, 15) is 14.7 Å². The summed E-state index contributed by atoms with van der Waals surface area (Å²) in [5, 5.41) is 9.79. The van der Waals surface area contributed by atoms with E-state index in [-0.39, 0.29) is 42.2 Å². The maximum absolute atomic E-state index is 13.4. The minimum absolute atomic E-state index is 0.127. The van der Waals surface area contributed by atoms with Crippen molar-refractivity contribution in [3.05, 3.63) is 53.5 Å². The largest absolute Gasteiger partial charge is 0.472 e. The van der Waals surface area contributed by atoms with Crippen LogP contribution in [-0.4, -0.2) is 75.6 Å². The highest BCUT2D eigenvalue weighted by Gasteiger charge is 2.34. The van der Waals surface area contributed by atoms with Crippen molar-refractivity contribution in [2.45, 2.75) is 39.8 Å². The number of ether oxygens (including phenoxy) is 1. The molecule has 2 amide bonds. The standard InChI is InChI=1S/C26H32N4O4/c1-17(2)8-9-20-11-22-24(28-12-20)34-23(18(3)14-30(26(22)33)19(4)16-31)15-29(5)25(32)21-7-6-10-27-13-21/h6-7,10-13,17-19,23,31H,14-16H2,1-5H3/t18-,19-,23+/m0/s1. The Morgan fingerprint density at radius 2 is 2.12 bits per heavy atom. The maximum atomic E-state index is 13.4. The minimum Gasteiger partial charge on any atom is -0.472 e. The normalized spacial score (nSPS) is 18.7. The van der Waals surface area contributed by atoms with E-state index in [2.05, 4.69) is 21.8 Å². The van der Waals surface area contributed by atoms with Gasteiger partial charge in [-0.3, -0.25) is 14.6 Å². The first-order valence-corrected chi connectivity index (χ1v) is 11.5. The number of aromatic nitrogens is 2. The smallest absolute Gasteiger partial charge is 0.259 e. The summed E-state index contributed by atoms with van der Waals surface area (Å²) in [5.41, 5.74) is 1.41. The van der Waals surface area contributed by atoms with Crippen LogP contribution in [0.15, 0.2) is 36.8 Å². The van der Waals surface area contributed by atoms with Crippen LogP contribution in [-0.2, 0) is 0 Å². The summed E-state index contributed by atoms with van der Waals surface area (Å²) < 4.78 is 6.24. The van der Waals surface area contributed by atoms with Gasteiger partial charge in [0.25, 0.3) is 11.8 Å². The van der Waals surface area contributed by atoms with Gasteiger partial charge in [-0.25, -0.2) is 4.98 Å². The summed E-state index contributed by atoms with van der Waals surface area (Å²) in [6, 6.07) is 4.74. The molecule has 0 bridgehead atoms. The lowest BCUT2D eigenvalue weighted by atomic mass is 9.99. The predicted octanol–water partition coefficient (Wildman–Crippen LogP) is 2.48. The highest BCUT2D eigenvalue weighted by Crippen LogP contribution is 2.27. The number of carbonyl (C=O) groups excluding carboxylic acids is 2. The number of hydrogen-bond acceptors (Lipinski definition) is 6. The zero-order chi connectivity index (χ0) is 24.8. The number of rotatable bonds is 5. The minimum atomic E-state index is -0.425. The first kappa shape index (κ1) is 25.2. The number of nitrogens with zero attached hydrogens (tertiary/aromatic N) is 4. The lowest BCUT2D eigenvalue weighted by Crippen LogP contribution is -2.50. The molecule has 3 rings (SSSR count). The first-order chi connectivity index (χ1) is 16.2. The van der Waals surface area contributed by atoms with Gasteiger partial charge < -0.3 is 19.6 Å². The molecule has 1 N–H and O–H groups in total. The van der Waals surface area contributed by atoms with E-state index in [1.165, 1.54) is 6.20 Å². The van der Waals surface area contributed by atoms with E-state index in [4.69, 9.17) is 4.74 Å². The number of pyridine rings is 2. The van der Waals surface area contributed by atoms with Gasteiger partial charge in [0.1, 0.15) is 11.7 Å². The van der Waals surface area contributed by atoms with Crippen molar-refractivity contribution in [2.75, 3.05) is 26.7 Å². The Hall–Kier alpha value is -3.44. The van der Waals surface area contributed by atoms with Crippen molar-refractivity contribution in [1.29, 1.82) is 0 Å². The summed E-state index contributed by atoms with van der Waals surface area (Å²) in [4.78, 5) is 38.0. The second-order valence-corrected chi connectivity index (χ2v) is 9.05. The monoisotopic (exact) mass is 464 g/mol. The number of carbonyl (C=O) groups is 2. The fourth-order valence-electron chi connectivity index (χ4n) is 3.68. The first-order valence-electron chi connectivity index (χ1n) is 11.5. The molecule has 180 valence electrons. The summed E-state index contributed by atoms with van der Waals surface area (Å²) in [6.45, 7) is 8.23. The molecule has 0 fully saturated rings. The number of hydrogen-bond donors (Lipinski definition) is 1. The molecule has 0 unspecified atom stereocenters. The van der Waals surface area contributed by atoms with Crippen molar-refractivity contribution in [2.24, 2.45) is 11.8 Å². The summed E-state index contributed by atoms with van der Waals surface area (Å²) in [6.07, 6.45) is 4.31. The Morgan fingerprint density at radius 1 is 1.35 bits per heavy atom. The topological polar surface area (TPSA) is 95.9 Å². The quantitative estimate of drug-likeness (QED) is 0.683. The van der Waals surface area contributed by atoms with Crippen LogP contribution in [0, 0.1) is 23.7 Å². The Bertz CT molecular complexity index is 1080. The van der Waals surface area contributed by atoms with Crippen molar-refractivity contribution < 1.29 is 19.4 Å². The van der Waals surface area contributed by atoms with Gasteiger partial charge in [-0.05, 0) is 25.1 Å². The molecule has 0 saturated heterocycles. The van der Waals surface area contributed by atoms with Gasteiger partial charge in [-0.15, -0.1) is 0 Å². The highest BCUT2D eigenvalue weighted by molar-refractivity contribution is 5.97. The van der Waals surface area contributed by atoms with Crippen molar-refractivity contribution >= 4 is 11.8 Å². The lowest BCUT2D eigenvalue weighted by molar-refractivity contribution is 0.0313. The molecule has 1 aliphatic rings. The average molecular weight is 465 g/mol. The molecule has 0 saturated carbocycles. The van der Waals surface area contributed by atoms with Crippen LogP contribution in [0.1, 0.15) is 54.0 Å². The van der Waals surface area contributed by atoms with Crippen molar-refractivity contribution in [3.63, 3.8) is 0 Å². The van der Waals surface area contributed by atoms with Crippen LogP contribution >= 0.6 is 0 Å². The average Bonchev–Trinajstić information content (AvgIpc) is 2.84. The Balaban J connectivity index is 1.95. The molecule has 0 aromatic carbocycles. The van der Waals surface area contributed by atoms with Crippen LogP contribution in [0.25, 0.3) is 0 Å². The third-order valence-electron chi connectivity index (χ3n) is 5.74. The van der Waals surface area contributed by atoms with E-state index in [0.29, 0.717) is 29.8 Å². The Morgan fingerprint density at radius 3 is 2.76 bits per heavy atom. The molecule has 2 aromatic heterocycles. The molecule has 0 radical (unpaired) electrons. The molecule has 0 spiro atoms. The van der Waals surface area contributed by atoms with Gasteiger partial charge in [0, 0.05) is 49.6 Å². The lowest BCUT2D eigenvalue weighted by Gasteiger charge is -2.37. The van der Waals surface area contributed by atoms with Crippen LogP contribution < -0.4 is 4.74 Å². The number of likely N-dealkylation sites (N-methyl/N-ethyl adjacent to an activating group) is 1. The Kier molecular flexibility index (Phi) is 8.24. The summed E-state index contributed by atoms with van der Waals surface area (Å²) >= 11 is 0. The molecule has 3 heterocycles. The second-order valence-electron chi connectivity index (χ2n) is 9.05. The van der Waals surface area contributed by atoms with Crippen LogP contribution in [0.3, 0.4) is 0 Å². The van der Waals surface area contributed by atoms with Gasteiger partial charge in [0.2, 0.25) is 5.88 Å². The third kappa shape index (κ3) is 5.91. The van der Waals surface area contributed by atoms with Crippen LogP contribution in [0.4, 0.5) is 0 Å². The van der Waals surface area contributed by atoms with Gasteiger partial charge in [0.15, 0.2) is 0 Å². The van der Waals surface area contributed by atoms with Gasteiger partial charge in [-0.1, -0.05) is 32.6 Å². The number of aliphatic hydroxyl groups excluding tert-OH is 1. The van der Waals surface area contributed by atoms with E-state index < -0.39 is 6.10 Å². The van der Waals surface area contributed by atoms with Crippen LogP contribution in [0.2, 0.25) is 0 Å². The van der Waals surface area contributed by atoms with Gasteiger partial charge >= 0.3 is 0 Å². The molecular formula is C26H32N4O4.